The summed E-state index contributed by atoms with van der Waals surface area (Å²) in [5.74, 6) is -0.0904. The fourth-order valence-electron chi connectivity index (χ4n) is 4.86. The van der Waals surface area contributed by atoms with Crippen molar-refractivity contribution in [2.45, 2.75) is 58.3 Å². The van der Waals surface area contributed by atoms with Gasteiger partial charge in [-0.2, -0.15) is 0 Å². The summed E-state index contributed by atoms with van der Waals surface area (Å²) in [5.41, 5.74) is 3.52. The van der Waals surface area contributed by atoms with Crippen LogP contribution in [-0.4, -0.2) is 58.3 Å². The Labute approximate surface area is 247 Å². The van der Waals surface area contributed by atoms with Gasteiger partial charge in [0.1, 0.15) is 18.0 Å². The standard InChI is InChI=1S/C34H41N3O5/c1-34(2,3)42-33(40)37(19-17-26-13-7-10-16-31(26)41-24-25-11-5-4-6-12-25)20-18-35-28(22-32(38)39)21-27-23-36-30-15-9-8-14-29(27)30/h4-16,23,28,35-36H,17-22,24H2,1-3H3,(H,38,39)/t28-/m0/s1. The molecule has 0 aliphatic carbocycles. The molecule has 222 valence electrons. The zero-order valence-corrected chi connectivity index (χ0v) is 24.6. The van der Waals surface area contributed by atoms with Gasteiger partial charge in [-0.3, -0.25) is 4.79 Å². The second kappa shape index (κ2) is 14.5. The van der Waals surface area contributed by atoms with Gasteiger partial charge >= 0.3 is 12.1 Å². The molecule has 0 unspecified atom stereocenters. The van der Waals surface area contributed by atoms with Gasteiger partial charge in [-0.1, -0.05) is 66.7 Å². The van der Waals surface area contributed by atoms with Crippen LogP contribution in [0.2, 0.25) is 0 Å². The van der Waals surface area contributed by atoms with Gasteiger partial charge in [0, 0.05) is 42.8 Å². The lowest BCUT2D eigenvalue weighted by Crippen LogP contribution is -2.44. The predicted octanol–water partition coefficient (Wildman–Crippen LogP) is 6.20. The zero-order chi connectivity index (χ0) is 30.0. The molecule has 0 spiro atoms. The number of hydrogen-bond donors (Lipinski definition) is 3. The van der Waals surface area contributed by atoms with Gasteiger partial charge in [-0.05, 0) is 62.4 Å². The molecule has 1 heterocycles. The van der Waals surface area contributed by atoms with Crippen LogP contribution >= 0.6 is 0 Å². The molecule has 0 radical (unpaired) electrons. The molecule has 1 amide bonds. The summed E-state index contributed by atoms with van der Waals surface area (Å²) in [6.45, 7) is 7.21. The van der Waals surface area contributed by atoms with E-state index in [0.717, 1.165) is 33.3 Å². The first kappa shape index (κ1) is 30.7. The van der Waals surface area contributed by atoms with Gasteiger partial charge in [-0.25, -0.2) is 4.79 Å². The first-order valence-electron chi connectivity index (χ1n) is 14.4. The van der Waals surface area contributed by atoms with Crippen molar-refractivity contribution in [1.82, 2.24) is 15.2 Å². The minimum atomic E-state index is -0.872. The molecule has 1 aromatic heterocycles. The summed E-state index contributed by atoms with van der Waals surface area (Å²) in [6, 6.07) is 25.5. The van der Waals surface area contributed by atoms with Crippen molar-refractivity contribution in [1.29, 1.82) is 0 Å². The number of benzene rings is 3. The molecule has 0 saturated carbocycles. The van der Waals surface area contributed by atoms with Crippen LogP contribution in [0.3, 0.4) is 0 Å². The molecular formula is C34H41N3O5. The summed E-state index contributed by atoms with van der Waals surface area (Å²) in [4.78, 5) is 29.8. The highest BCUT2D eigenvalue weighted by Crippen LogP contribution is 2.22. The smallest absolute Gasteiger partial charge is 0.410 e. The van der Waals surface area contributed by atoms with Gasteiger partial charge in [-0.15, -0.1) is 0 Å². The van der Waals surface area contributed by atoms with E-state index in [2.05, 4.69) is 10.3 Å². The van der Waals surface area contributed by atoms with E-state index in [0.29, 0.717) is 39.1 Å². The zero-order valence-electron chi connectivity index (χ0n) is 24.6. The number of nitrogens with zero attached hydrogens (tertiary/aromatic N) is 1. The average molecular weight is 572 g/mol. The Kier molecular flexibility index (Phi) is 10.6. The number of nitrogens with one attached hydrogen (secondary N) is 2. The number of hydrogen-bond acceptors (Lipinski definition) is 5. The van der Waals surface area contributed by atoms with Crippen LogP contribution in [0.25, 0.3) is 10.9 Å². The highest BCUT2D eigenvalue weighted by molar-refractivity contribution is 5.83. The van der Waals surface area contributed by atoms with E-state index in [1.807, 2.05) is 106 Å². The molecule has 0 aliphatic rings. The summed E-state index contributed by atoms with van der Waals surface area (Å²) in [6.07, 6.45) is 2.63. The molecule has 8 nitrogen and oxygen atoms in total. The number of ether oxygens (including phenoxy) is 2. The van der Waals surface area contributed by atoms with Gasteiger partial charge in [0.05, 0.1) is 6.42 Å². The lowest BCUT2D eigenvalue weighted by atomic mass is 10.0. The van der Waals surface area contributed by atoms with E-state index in [-0.39, 0.29) is 12.5 Å². The normalized spacial score (nSPS) is 12.2. The molecule has 4 rings (SSSR count). The number of rotatable bonds is 14. The minimum absolute atomic E-state index is 0.0297. The third kappa shape index (κ3) is 9.38. The van der Waals surface area contributed by atoms with Crippen LogP contribution in [0.15, 0.2) is 85.1 Å². The van der Waals surface area contributed by atoms with E-state index in [1.54, 1.807) is 4.90 Å². The molecule has 42 heavy (non-hydrogen) atoms. The summed E-state index contributed by atoms with van der Waals surface area (Å²) in [5, 5.41) is 14.0. The van der Waals surface area contributed by atoms with Crippen molar-refractivity contribution < 1.29 is 24.2 Å². The fraction of sp³-hybridized carbons (Fsp3) is 0.353. The lowest BCUT2D eigenvalue weighted by Gasteiger charge is -2.28. The SMILES string of the molecule is CC(C)(C)OC(=O)N(CCN[C@H](CC(=O)O)Cc1c[nH]c2ccccc12)CCc1ccccc1OCc1ccccc1. The molecule has 8 heteroatoms. The number of H-pyrrole nitrogens is 1. The number of fused-ring (bicyclic) bond motifs is 1. The Morgan fingerprint density at radius 1 is 0.929 bits per heavy atom. The number of carbonyl (C=O) groups excluding carboxylic acids is 1. The second-order valence-corrected chi connectivity index (χ2v) is 11.4. The largest absolute Gasteiger partial charge is 0.489 e. The second-order valence-electron chi connectivity index (χ2n) is 11.4. The first-order valence-corrected chi connectivity index (χ1v) is 14.4. The van der Waals surface area contributed by atoms with Crippen LogP contribution in [0.5, 0.6) is 5.75 Å². The van der Waals surface area contributed by atoms with Crippen molar-refractivity contribution in [2.24, 2.45) is 0 Å². The van der Waals surface area contributed by atoms with Crippen LogP contribution in [-0.2, 0) is 29.0 Å². The number of para-hydroxylation sites is 2. The van der Waals surface area contributed by atoms with Crippen molar-refractivity contribution in [3.05, 3.63) is 102 Å². The predicted molar refractivity (Wildman–Crippen MR) is 165 cm³/mol. The summed E-state index contributed by atoms with van der Waals surface area (Å²) >= 11 is 0. The van der Waals surface area contributed by atoms with Crippen molar-refractivity contribution in [3.63, 3.8) is 0 Å². The maximum Gasteiger partial charge on any atom is 0.410 e. The van der Waals surface area contributed by atoms with Crippen molar-refractivity contribution in [2.75, 3.05) is 19.6 Å². The number of aromatic amines is 1. The van der Waals surface area contributed by atoms with Crippen LogP contribution in [0.4, 0.5) is 4.79 Å². The van der Waals surface area contributed by atoms with Crippen LogP contribution < -0.4 is 10.1 Å². The third-order valence-corrected chi connectivity index (χ3v) is 6.89. The van der Waals surface area contributed by atoms with E-state index in [4.69, 9.17) is 9.47 Å². The number of amides is 1. The van der Waals surface area contributed by atoms with E-state index in [1.165, 1.54) is 0 Å². The maximum absolute atomic E-state index is 13.2. The molecule has 4 aromatic rings. The summed E-state index contributed by atoms with van der Waals surface area (Å²) in [7, 11) is 0. The van der Waals surface area contributed by atoms with Gasteiger partial charge in [0.2, 0.25) is 0 Å². The average Bonchev–Trinajstić information content (AvgIpc) is 3.36. The molecular weight excluding hydrogens is 530 g/mol. The Balaban J connectivity index is 1.40. The number of carbonyl (C=O) groups is 2. The highest BCUT2D eigenvalue weighted by atomic mass is 16.6. The topological polar surface area (TPSA) is 104 Å². The van der Waals surface area contributed by atoms with Crippen molar-refractivity contribution in [3.8, 4) is 5.75 Å². The quantitative estimate of drug-likeness (QED) is 0.166. The maximum atomic E-state index is 13.2. The van der Waals surface area contributed by atoms with E-state index >= 15 is 0 Å². The Morgan fingerprint density at radius 2 is 1.64 bits per heavy atom. The van der Waals surface area contributed by atoms with E-state index in [9.17, 15) is 14.7 Å². The third-order valence-electron chi connectivity index (χ3n) is 6.89. The van der Waals surface area contributed by atoms with Crippen LogP contribution in [0.1, 0.15) is 43.9 Å². The lowest BCUT2D eigenvalue weighted by molar-refractivity contribution is -0.137. The van der Waals surface area contributed by atoms with Gasteiger partial charge in [0.25, 0.3) is 0 Å². The van der Waals surface area contributed by atoms with E-state index < -0.39 is 17.7 Å². The molecule has 1 atom stereocenters. The molecule has 0 aliphatic heterocycles. The van der Waals surface area contributed by atoms with Gasteiger partial charge < -0.3 is 29.8 Å². The Hall–Kier alpha value is -4.30. The van der Waals surface area contributed by atoms with Crippen molar-refractivity contribution >= 4 is 23.0 Å². The fourth-order valence-corrected chi connectivity index (χ4v) is 4.86. The molecule has 0 saturated heterocycles. The monoisotopic (exact) mass is 571 g/mol. The van der Waals surface area contributed by atoms with Crippen LogP contribution in [0, 0.1) is 0 Å². The number of aromatic nitrogens is 1. The number of aliphatic carboxylic acids is 1. The highest BCUT2D eigenvalue weighted by Gasteiger charge is 2.23. The molecule has 3 N–H and O–H groups in total. The Bertz CT molecular complexity index is 1440. The Morgan fingerprint density at radius 3 is 2.40 bits per heavy atom. The number of carboxylic acids is 1. The summed E-state index contributed by atoms with van der Waals surface area (Å²) < 4.78 is 11.8. The first-order chi connectivity index (χ1) is 20.2. The molecule has 3 aromatic carbocycles. The minimum Gasteiger partial charge on any atom is -0.489 e. The van der Waals surface area contributed by atoms with Gasteiger partial charge in [0.15, 0.2) is 0 Å². The molecule has 0 fully saturated rings. The molecule has 0 bridgehead atoms. The number of carboxylic acid groups (broad SMARTS) is 1.